The standard InChI is InChI=1S/C23H18O2/c1-25-19-11-12-21(18(13-19)15-24)23-20-10-6-5-9-17(20)14-22(23)16-7-3-2-4-8-16/h2-15,23H,1H3. The van der Waals surface area contributed by atoms with Gasteiger partial charge in [0.05, 0.1) is 7.11 Å². The number of methoxy groups -OCH3 is 1. The summed E-state index contributed by atoms with van der Waals surface area (Å²) in [5.41, 5.74) is 6.51. The molecule has 0 N–H and O–H groups in total. The van der Waals surface area contributed by atoms with Crippen LogP contribution in [0.3, 0.4) is 0 Å². The van der Waals surface area contributed by atoms with E-state index in [4.69, 9.17) is 4.74 Å². The van der Waals surface area contributed by atoms with E-state index in [0.717, 1.165) is 11.8 Å². The number of hydrogen-bond acceptors (Lipinski definition) is 2. The van der Waals surface area contributed by atoms with E-state index in [1.54, 1.807) is 7.11 Å². The molecule has 1 atom stereocenters. The maximum atomic E-state index is 11.7. The Balaban J connectivity index is 1.92. The second-order valence-corrected chi connectivity index (χ2v) is 6.14. The molecule has 0 amide bonds. The van der Waals surface area contributed by atoms with Crippen molar-refractivity contribution in [2.75, 3.05) is 7.11 Å². The Bertz CT molecular complexity index is 955. The lowest BCUT2D eigenvalue weighted by molar-refractivity contribution is 0.112. The van der Waals surface area contributed by atoms with E-state index in [9.17, 15) is 4.79 Å². The number of benzene rings is 3. The van der Waals surface area contributed by atoms with Gasteiger partial charge in [0, 0.05) is 11.5 Å². The van der Waals surface area contributed by atoms with E-state index in [-0.39, 0.29) is 5.92 Å². The Morgan fingerprint density at radius 1 is 0.880 bits per heavy atom. The van der Waals surface area contributed by atoms with Crippen LogP contribution in [-0.4, -0.2) is 13.4 Å². The van der Waals surface area contributed by atoms with E-state index >= 15 is 0 Å². The lowest BCUT2D eigenvalue weighted by atomic mass is 9.83. The highest BCUT2D eigenvalue weighted by Crippen LogP contribution is 2.46. The normalized spacial score (nSPS) is 15.4. The predicted octanol–water partition coefficient (Wildman–Crippen LogP) is 5.19. The van der Waals surface area contributed by atoms with Gasteiger partial charge in [0.1, 0.15) is 12.0 Å². The van der Waals surface area contributed by atoms with Gasteiger partial charge in [0.25, 0.3) is 0 Å². The zero-order valence-electron chi connectivity index (χ0n) is 14.0. The molecule has 4 rings (SSSR count). The number of carbonyl (C=O) groups is 1. The fourth-order valence-electron chi connectivity index (χ4n) is 3.58. The van der Waals surface area contributed by atoms with Gasteiger partial charge in [-0.3, -0.25) is 4.79 Å². The van der Waals surface area contributed by atoms with Gasteiger partial charge >= 0.3 is 0 Å². The monoisotopic (exact) mass is 326 g/mol. The molecule has 1 aliphatic carbocycles. The SMILES string of the molecule is COc1ccc(C2C(c3ccccc3)=Cc3ccccc32)c(C=O)c1. The zero-order valence-corrected chi connectivity index (χ0v) is 14.0. The molecule has 25 heavy (non-hydrogen) atoms. The van der Waals surface area contributed by atoms with Crippen LogP contribution >= 0.6 is 0 Å². The molecular weight excluding hydrogens is 308 g/mol. The molecule has 0 spiro atoms. The number of ether oxygens (including phenoxy) is 1. The number of rotatable bonds is 4. The average Bonchev–Trinajstić information content (AvgIpc) is 3.07. The smallest absolute Gasteiger partial charge is 0.150 e. The van der Waals surface area contributed by atoms with E-state index in [1.165, 1.54) is 22.3 Å². The van der Waals surface area contributed by atoms with E-state index in [0.29, 0.717) is 11.3 Å². The minimum absolute atomic E-state index is 0.0460. The molecule has 0 fully saturated rings. The summed E-state index contributed by atoms with van der Waals surface area (Å²) in [5.74, 6) is 0.743. The van der Waals surface area contributed by atoms with Crippen molar-refractivity contribution >= 4 is 17.9 Å². The Kier molecular flexibility index (Phi) is 3.95. The summed E-state index contributed by atoms with van der Waals surface area (Å²) < 4.78 is 5.28. The van der Waals surface area contributed by atoms with Crippen LogP contribution in [0.25, 0.3) is 11.6 Å². The molecule has 3 aromatic rings. The van der Waals surface area contributed by atoms with Gasteiger partial charge in [-0.2, -0.15) is 0 Å². The van der Waals surface area contributed by atoms with Gasteiger partial charge in [-0.15, -0.1) is 0 Å². The maximum Gasteiger partial charge on any atom is 0.150 e. The van der Waals surface area contributed by atoms with E-state index in [1.807, 2.05) is 36.4 Å². The van der Waals surface area contributed by atoms with Crippen molar-refractivity contribution in [3.8, 4) is 5.75 Å². The fraction of sp³-hybridized carbons (Fsp3) is 0.0870. The second-order valence-electron chi connectivity index (χ2n) is 6.14. The maximum absolute atomic E-state index is 11.7. The first-order valence-corrected chi connectivity index (χ1v) is 8.31. The Labute approximate surface area is 147 Å². The number of aldehydes is 1. The van der Waals surface area contributed by atoms with Crippen molar-refractivity contribution < 1.29 is 9.53 Å². The molecule has 0 saturated carbocycles. The number of allylic oxidation sites excluding steroid dienone is 1. The molecule has 1 aliphatic rings. The van der Waals surface area contributed by atoms with Crippen LogP contribution < -0.4 is 4.74 Å². The largest absolute Gasteiger partial charge is 0.497 e. The predicted molar refractivity (Wildman–Crippen MR) is 101 cm³/mol. The van der Waals surface area contributed by atoms with Gasteiger partial charge in [0.15, 0.2) is 0 Å². The van der Waals surface area contributed by atoms with Crippen molar-refractivity contribution in [2.24, 2.45) is 0 Å². The number of hydrogen-bond donors (Lipinski definition) is 0. The summed E-state index contributed by atoms with van der Waals surface area (Å²) in [6.07, 6.45) is 3.15. The zero-order chi connectivity index (χ0) is 17.2. The van der Waals surface area contributed by atoms with Gasteiger partial charge in [-0.05, 0) is 46.0 Å². The third kappa shape index (κ3) is 2.66. The lowest BCUT2D eigenvalue weighted by Crippen LogP contribution is -2.05. The first kappa shape index (κ1) is 15.4. The molecule has 2 nitrogen and oxygen atoms in total. The third-order valence-corrected chi connectivity index (χ3v) is 4.77. The molecule has 1 unspecified atom stereocenters. The molecule has 0 radical (unpaired) electrons. The van der Waals surface area contributed by atoms with Gasteiger partial charge < -0.3 is 4.74 Å². The summed E-state index contributed by atoms with van der Waals surface area (Å²) >= 11 is 0. The highest BCUT2D eigenvalue weighted by molar-refractivity contribution is 5.95. The number of fused-ring (bicyclic) bond motifs is 1. The highest BCUT2D eigenvalue weighted by Gasteiger charge is 2.29. The Morgan fingerprint density at radius 2 is 1.64 bits per heavy atom. The summed E-state index contributed by atoms with van der Waals surface area (Å²) in [7, 11) is 1.61. The first-order chi connectivity index (χ1) is 12.3. The lowest BCUT2D eigenvalue weighted by Gasteiger charge is -2.20. The van der Waals surface area contributed by atoms with E-state index < -0.39 is 0 Å². The van der Waals surface area contributed by atoms with Crippen molar-refractivity contribution in [3.05, 3.63) is 101 Å². The van der Waals surface area contributed by atoms with Crippen molar-refractivity contribution in [2.45, 2.75) is 5.92 Å². The topological polar surface area (TPSA) is 26.3 Å². The minimum atomic E-state index is 0.0460. The summed E-state index contributed by atoms with van der Waals surface area (Å²) in [5, 5.41) is 0. The summed E-state index contributed by atoms with van der Waals surface area (Å²) in [6.45, 7) is 0. The highest BCUT2D eigenvalue weighted by atomic mass is 16.5. The fourth-order valence-corrected chi connectivity index (χ4v) is 3.58. The summed E-state index contributed by atoms with van der Waals surface area (Å²) in [6, 6.07) is 24.5. The van der Waals surface area contributed by atoms with Crippen LogP contribution in [-0.2, 0) is 0 Å². The van der Waals surface area contributed by atoms with Crippen LogP contribution in [0.1, 0.15) is 38.5 Å². The second kappa shape index (κ2) is 6.40. The van der Waals surface area contributed by atoms with Crippen molar-refractivity contribution in [3.63, 3.8) is 0 Å². The van der Waals surface area contributed by atoms with Crippen LogP contribution in [0.15, 0.2) is 72.8 Å². The van der Waals surface area contributed by atoms with Crippen molar-refractivity contribution in [1.82, 2.24) is 0 Å². The van der Waals surface area contributed by atoms with Crippen LogP contribution in [0.2, 0.25) is 0 Å². The van der Waals surface area contributed by atoms with Crippen molar-refractivity contribution in [1.29, 1.82) is 0 Å². The molecular formula is C23H18O2. The van der Waals surface area contributed by atoms with Gasteiger partial charge in [0.2, 0.25) is 0 Å². The molecule has 2 heteroatoms. The molecule has 0 saturated heterocycles. The minimum Gasteiger partial charge on any atom is -0.497 e. The summed E-state index contributed by atoms with van der Waals surface area (Å²) in [4.78, 5) is 11.7. The molecule has 0 heterocycles. The quantitative estimate of drug-likeness (QED) is 0.616. The van der Waals surface area contributed by atoms with Crippen LogP contribution in [0.5, 0.6) is 5.75 Å². The molecule has 3 aromatic carbocycles. The van der Waals surface area contributed by atoms with Gasteiger partial charge in [-0.1, -0.05) is 60.7 Å². The van der Waals surface area contributed by atoms with Gasteiger partial charge in [-0.25, -0.2) is 0 Å². The molecule has 122 valence electrons. The Hall–Kier alpha value is -3.13. The third-order valence-electron chi connectivity index (χ3n) is 4.77. The van der Waals surface area contributed by atoms with E-state index in [2.05, 4.69) is 42.5 Å². The first-order valence-electron chi connectivity index (χ1n) is 8.31. The van der Waals surface area contributed by atoms with Crippen LogP contribution in [0, 0.1) is 0 Å². The van der Waals surface area contributed by atoms with Crippen LogP contribution in [0.4, 0.5) is 0 Å². The average molecular weight is 326 g/mol. The molecule has 0 aromatic heterocycles. The number of carbonyl (C=O) groups excluding carboxylic acids is 1. The molecule has 0 aliphatic heterocycles. The Morgan fingerprint density at radius 3 is 2.40 bits per heavy atom. The molecule has 0 bridgehead atoms.